The maximum Gasteiger partial charge on any atom is 0.262 e. The van der Waals surface area contributed by atoms with E-state index in [4.69, 9.17) is 23.2 Å². The van der Waals surface area contributed by atoms with E-state index in [2.05, 4.69) is 10.1 Å². The van der Waals surface area contributed by atoms with Crippen molar-refractivity contribution in [1.29, 1.82) is 0 Å². The van der Waals surface area contributed by atoms with Crippen LogP contribution >= 0.6 is 45.9 Å². The minimum absolute atomic E-state index is 0.310. The molecule has 0 N–H and O–H groups in total. The zero-order chi connectivity index (χ0) is 19.0. The summed E-state index contributed by atoms with van der Waals surface area (Å²) >= 11 is 14.5. The Morgan fingerprint density at radius 3 is 2.81 bits per heavy atom. The van der Waals surface area contributed by atoms with Crippen LogP contribution in [0, 0.1) is 5.82 Å². The second-order valence-electron chi connectivity index (χ2n) is 5.57. The highest BCUT2D eigenvalue weighted by Crippen LogP contribution is 2.35. The number of halogens is 3. The van der Waals surface area contributed by atoms with Crippen molar-refractivity contribution in [2.24, 2.45) is 0 Å². The number of benzene rings is 1. The summed E-state index contributed by atoms with van der Waals surface area (Å²) in [5, 5.41) is 4.62. The molecule has 1 aromatic carbocycles. The van der Waals surface area contributed by atoms with E-state index in [0.717, 1.165) is 11.3 Å². The number of thiazole rings is 1. The first kappa shape index (κ1) is 18.4. The average Bonchev–Trinajstić information content (AvgIpc) is 3.34. The molecule has 0 aliphatic carbocycles. The molecule has 0 saturated heterocycles. The Labute approximate surface area is 171 Å². The molecule has 0 radical (unpaired) electrons. The van der Waals surface area contributed by atoms with Gasteiger partial charge < -0.3 is 0 Å². The molecule has 0 bridgehead atoms. The van der Waals surface area contributed by atoms with Crippen molar-refractivity contribution in [3.8, 4) is 0 Å². The first-order valence-electron chi connectivity index (χ1n) is 7.81. The van der Waals surface area contributed by atoms with Crippen molar-refractivity contribution >= 4 is 67.1 Å². The number of carbonyl (C=O) groups excluding carboxylic acids is 1. The number of amides is 1. The predicted octanol–water partition coefficient (Wildman–Crippen LogP) is 5.35. The van der Waals surface area contributed by atoms with Gasteiger partial charge in [-0.25, -0.2) is 9.37 Å². The van der Waals surface area contributed by atoms with Gasteiger partial charge in [0, 0.05) is 18.9 Å². The largest absolute Gasteiger partial charge is 0.282 e. The SMILES string of the molecule is O=C(c1cc(Cl)sc1Cl)N(CCn1cccn1)c1nc2ccc(F)cc2s1. The van der Waals surface area contributed by atoms with E-state index >= 15 is 0 Å². The van der Waals surface area contributed by atoms with Gasteiger partial charge in [0.25, 0.3) is 5.91 Å². The maximum absolute atomic E-state index is 13.5. The van der Waals surface area contributed by atoms with Gasteiger partial charge in [-0.15, -0.1) is 11.3 Å². The summed E-state index contributed by atoms with van der Waals surface area (Å²) in [7, 11) is 0. The fourth-order valence-electron chi connectivity index (χ4n) is 2.55. The lowest BCUT2D eigenvalue weighted by molar-refractivity contribution is 0.0986. The predicted molar refractivity (Wildman–Crippen MR) is 108 cm³/mol. The van der Waals surface area contributed by atoms with Crippen molar-refractivity contribution in [2.75, 3.05) is 11.4 Å². The fraction of sp³-hybridized carbons (Fsp3) is 0.118. The number of nitrogens with zero attached hydrogens (tertiary/aromatic N) is 4. The molecule has 4 aromatic rings. The molecular weight excluding hydrogens is 430 g/mol. The number of anilines is 1. The van der Waals surface area contributed by atoms with E-state index in [0.29, 0.717) is 42.7 Å². The van der Waals surface area contributed by atoms with Crippen LogP contribution in [0.1, 0.15) is 10.4 Å². The van der Waals surface area contributed by atoms with E-state index in [1.807, 2.05) is 12.3 Å². The van der Waals surface area contributed by atoms with E-state index in [1.54, 1.807) is 23.0 Å². The second kappa shape index (κ2) is 7.55. The molecule has 0 atom stereocenters. The highest BCUT2D eigenvalue weighted by Gasteiger charge is 2.25. The quantitative estimate of drug-likeness (QED) is 0.420. The minimum atomic E-state index is -0.347. The van der Waals surface area contributed by atoms with Crippen LogP contribution in [-0.4, -0.2) is 27.2 Å². The van der Waals surface area contributed by atoms with Crippen LogP contribution in [0.25, 0.3) is 10.2 Å². The minimum Gasteiger partial charge on any atom is -0.282 e. The molecular formula is C17H11Cl2FN4OS2. The summed E-state index contributed by atoms with van der Waals surface area (Å²) in [6.07, 6.45) is 3.48. The van der Waals surface area contributed by atoms with Crippen LogP contribution in [0.2, 0.25) is 8.67 Å². The lowest BCUT2D eigenvalue weighted by Crippen LogP contribution is -2.34. The molecule has 10 heteroatoms. The van der Waals surface area contributed by atoms with Gasteiger partial charge in [0.1, 0.15) is 10.2 Å². The van der Waals surface area contributed by atoms with Crippen molar-refractivity contribution in [3.63, 3.8) is 0 Å². The molecule has 0 saturated carbocycles. The Kier molecular flexibility index (Phi) is 5.14. The third-order valence-corrected chi connectivity index (χ3v) is 6.34. The van der Waals surface area contributed by atoms with Crippen LogP contribution in [0.4, 0.5) is 9.52 Å². The van der Waals surface area contributed by atoms with Crippen molar-refractivity contribution in [2.45, 2.75) is 6.54 Å². The summed E-state index contributed by atoms with van der Waals surface area (Å²) in [6.45, 7) is 0.797. The smallest absolute Gasteiger partial charge is 0.262 e. The van der Waals surface area contributed by atoms with Crippen molar-refractivity contribution < 1.29 is 9.18 Å². The summed E-state index contributed by atoms with van der Waals surface area (Å²) in [4.78, 5) is 19.1. The topological polar surface area (TPSA) is 51.0 Å². The van der Waals surface area contributed by atoms with Crippen LogP contribution in [0.3, 0.4) is 0 Å². The van der Waals surface area contributed by atoms with Crippen LogP contribution in [-0.2, 0) is 6.54 Å². The first-order chi connectivity index (χ1) is 13.0. The van der Waals surface area contributed by atoms with Crippen LogP contribution in [0.5, 0.6) is 0 Å². The number of hydrogen-bond donors (Lipinski definition) is 0. The zero-order valence-corrected chi connectivity index (χ0v) is 16.7. The Hall–Kier alpha value is -2.00. The number of carbonyl (C=O) groups is 1. The zero-order valence-electron chi connectivity index (χ0n) is 13.6. The molecule has 1 amide bonds. The van der Waals surface area contributed by atoms with Crippen molar-refractivity contribution in [1.82, 2.24) is 14.8 Å². The Morgan fingerprint density at radius 1 is 1.26 bits per heavy atom. The third-order valence-electron chi connectivity index (χ3n) is 3.81. The molecule has 3 heterocycles. The number of hydrogen-bond acceptors (Lipinski definition) is 5. The number of thiophene rings is 1. The molecule has 0 spiro atoms. The Morgan fingerprint density at radius 2 is 2.11 bits per heavy atom. The molecule has 0 aliphatic heterocycles. The second-order valence-corrected chi connectivity index (χ2v) is 8.87. The lowest BCUT2D eigenvalue weighted by atomic mass is 10.3. The van der Waals surface area contributed by atoms with Gasteiger partial charge in [-0.2, -0.15) is 5.10 Å². The number of rotatable bonds is 5. The molecule has 0 fully saturated rings. The monoisotopic (exact) mass is 440 g/mol. The Bertz CT molecular complexity index is 1110. The third kappa shape index (κ3) is 3.84. The number of aromatic nitrogens is 3. The molecule has 0 unspecified atom stereocenters. The highest BCUT2D eigenvalue weighted by atomic mass is 35.5. The normalized spacial score (nSPS) is 11.2. The van der Waals surface area contributed by atoms with Crippen molar-refractivity contribution in [3.05, 3.63) is 62.8 Å². The van der Waals surface area contributed by atoms with E-state index < -0.39 is 0 Å². The van der Waals surface area contributed by atoms with E-state index in [-0.39, 0.29) is 11.7 Å². The molecule has 27 heavy (non-hydrogen) atoms. The van der Waals surface area contributed by atoms with Gasteiger partial charge in [0.05, 0.1) is 26.7 Å². The van der Waals surface area contributed by atoms with Gasteiger partial charge in [-0.3, -0.25) is 14.4 Å². The first-order valence-corrected chi connectivity index (χ1v) is 10.2. The summed E-state index contributed by atoms with van der Waals surface area (Å²) in [5.74, 6) is -0.658. The molecule has 3 aromatic heterocycles. The summed E-state index contributed by atoms with van der Waals surface area (Å²) in [5.41, 5.74) is 0.945. The fourth-order valence-corrected chi connectivity index (χ4v) is 5.02. The van der Waals surface area contributed by atoms with Crippen LogP contribution in [0.15, 0.2) is 42.7 Å². The molecule has 0 aliphatic rings. The molecule has 5 nitrogen and oxygen atoms in total. The van der Waals surface area contributed by atoms with E-state index in [9.17, 15) is 9.18 Å². The molecule has 138 valence electrons. The van der Waals surface area contributed by atoms with Gasteiger partial charge in [0.15, 0.2) is 5.13 Å². The van der Waals surface area contributed by atoms with Gasteiger partial charge in [-0.1, -0.05) is 34.5 Å². The Balaban J connectivity index is 1.71. The summed E-state index contributed by atoms with van der Waals surface area (Å²) < 4.78 is 16.6. The highest BCUT2D eigenvalue weighted by molar-refractivity contribution is 7.22. The lowest BCUT2D eigenvalue weighted by Gasteiger charge is -2.19. The van der Waals surface area contributed by atoms with Gasteiger partial charge >= 0.3 is 0 Å². The van der Waals surface area contributed by atoms with Gasteiger partial charge in [0.2, 0.25) is 0 Å². The average molecular weight is 441 g/mol. The molecule has 4 rings (SSSR count). The summed E-state index contributed by atoms with van der Waals surface area (Å²) in [6, 6.07) is 7.69. The van der Waals surface area contributed by atoms with E-state index in [1.165, 1.54) is 28.4 Å². The van der Waals surface area contributed by atoms with Crippen LogP contribution < -0.4 is 4.90 Å². The van der Waals surface area contributed by atoms with Gasteiger partial charge in [-0.05, 0) is 30.3 Å². The number of fused-ring (bicyclic) bond motifs is 1. The standard InChI is InChI=1S/C17H11Cl2FN4OS2/c18-14-9-11(15(19)27-14)16(25)24(7-6-23-5-1-4-21-23)17-22-12-3-2-10(20)8-13(12)26-17/h1-5,8-9H,6-7H2. The maximum atomic E-state index is 13.5.